The number of hydrogen-bond donors (Lipinski definition) is 2. The molecule has 56 heavy (non-hydrogen) atoms. The van der Waals surface area contributed by atoms with Gasteiger partial charge in [-0.25, -0.2) is 14.4 Å². The lowest BCUT2D eigenvalue weighted by Gasteiger charge is -2.39. The molecule has 15 nitrogen and oxygen atoms in total. The van der Waals surface area contributed by atoms with Crippen molar-refractivity contribution >= 4 is 24.1 Å². The van der Waals surface area contributed by atoms with Crippen LogP contribution in [0.4, 0.5) is 9.59 Å². The van der Waals surface area contributed by atoms with Crippen molar-refractivity contribution in [2.24, 2.45) is 11.8 Å². The van der Waals surface area contributed by atoms with E-state index in [1.807, 2.05) is 24.3 Å². The van der Waals surface area contributed by atoms with E-state index in [0.29, 0.717) is 45.4 Å². The average molecular weight is 769 g/mol. The second-order valence-corrected chi connectivity index (χ2v) is 13.1. The Kier molecular flexibility index (Phi) is 11.3. The van der Waals surface area contributed by atoms with Gasteiger partial charge in [-0.1, -0.05) is 60.7 Å². The summed E-state index contributed by atoms with van der Waals surface area (Å²) in [5.74, 6) is -1.58. The van der Waals surface area contributed by atoms with E-state index in [1.54, 1.807) is 60.7 Å². The van der Waals surface area contributed by atoms with Crippen LogP contribution in [0.15, 0.2) is 84.9 Å². The van der Waals surface area contributed by atoms with Crippen LogP contribution in [-0.4, -0.2) is 71.4 Å². The standard InChI is InChI=1S/C41H40N2O13/c1-48-32-14-25(15-33(49-2)37(32)50-3)34-26-16-30-31(55-22-54-30)17-27(26)36(28-21-51-39(45)35(28)34)56-38(44)29(43-41(47)53-20-24-12-8-5-9-13-24)18-42-40(46)52-19-23-10-6-4-7-11-23/h4-17,28-29,34-36H,18-22H2,1-3H3,(H,42,46)(H,43,47)/t28-,29?,34+,35-,36-/m0/s1. The third kappa shape index (κ3) is 7.92. The third-order valence-electron chi connectivity index (χ3n) is 9.86. The summed E-state index contributed by atoms with van der Waals surface area (Å²) in [6.07, 6.45) is -2.82. The van der Waals surface area contributed by atoms with Gasteiger partial charge >= 0.3 is 24.1 Å². The molecule has 2 amide bonds. The van der Waals surface area contributed by atoms with E-state index in [0.717, 1.165) is 11.1 Å². The van der Waals surface area contributed by atoms with Crippen molar-refractivity contribution in [3.63, 3.8) is 0 Å². The number of alkyl carbamates (subject to hydrolysis) is 2. The molecule has 0 spiro atoms. The number of rotatable bonds is 13. The fraction of sp³-hybridized carbons (Fsp3) is 0.317. The van der Waals surface area contributed by atoms with Crippen molar-refractivity contribution in [1.82, 2.24) is 10.6 Å². The molecular weight excluding hydrogens is 728 g/mol. The summed E-state index contributed by atoms with van der Waals surface area (Å²) in [4.78, 5) is 53.7. The second-order valence-electron chi connectivity index (χ2n) is 13.1. The molecule has 0 saturated carbocycles. The van der Waals surface area contributed by atoms with Crippen molar-refractivity contribution < 1.29 is 61.8 Å². The van der Waals surface area contributed by atoms with Crippen LogP contribution in [0, 0.1) is 11.8 Å². The van der Waals surface area contributed by atoms with E-state index in [4.69, 9.17) is 42.6 Å². The van der Waals surface area contributed by atoms with Gasteiger partial charge in [-0.3, -0.25) is 4.79 Å². The normalized spacial score (nSPS) is 19.3. The summed E-state index contributed by atoms with van der Waals surface area (Å²) >= 11 is 0. The highest BCUT2D eigenvalue weighted by Gasteiger charge is 2.54. The van der Waals surface area contributed by atoms with Crippen LogP contribution in [0.2, 0.25) is 0 Å². The zero-order valence-electron chi connectivity index (χ0n) is 30.8. The van der Waals surface area contributed by atoms with Crippen LogP contribution in [0.3, 0.4) is 0 Å². The quantitative estimate of drug-likeness (QED) is 0.135. The summed E-state index contributed by atoms with van der Waals surface area (Å²) < 4.78 is 50.9. The highest BCUT2D eigenvalue weighted by molar-refractivity contribution is 5.83. The largest absolute Gasteiger partial charge is 0.493 e. The van der Waals surface area contributed by atoms with Crippen LogP contribution < -0.4 is 34.3 Å². The number of carbonyl (C=O) groups excluding carboxylic acids is 4. The molecule has 1 aliphatic carbocycles. The SMILES string of the molecule is COc1cc([C@@H]2c3cc4c(cc3[C@H](OC(=O)C(CNC(=O)OCc3ccccc3)NC(=O)OCc3ccccc3)[C@H]3COC(=O)[C@H]23)OCO4)cc(OC)c1OC. The van der Waals surface area contributed by atoms with Crippen LogP contribution in [-0.2, 0) is 41.8 Å². The highest BCUT2D eigenvalue weighted by atomic mass is 16.7. The first-order chi connectivity index (χ1) is 27.3. The van der Waals surface area contributed by atoms with Gasteiger partial charge < -0.3 is 53.3 Å². The lowest BCUT2D eigenvalue weighted by Crippen LogP contribution is -2.50. The number of methoxy groups -OCH3 is 3. The summed E-state index contributed by atoms with van der Waals surface area (Å²) in [7, 11) is 4.49. The molecule has 4 aromatic carbocycles. The number of hydrogen-bond acceptors (Lipinski definition) is 13. The maximum Gasteiger partial charge on any atom is 0.408 e. The minimum absolute atomic E-state index is 0.0203. The molecular formula is C41H40N2O13. The molecule has 4 aromatic rings. The Balaban J connectivity index is 1.19. The number of esters is 2. The van der Waals surface area contributed by atoms with Gasteiger partial charge in [0.1, 0.15) is 25.4 Å². The third-order valence-corrected chi connectivity index (χ3v) is 9.86. The molecule has 5 atom stereocenters. The number of amides is 2. The average Bonchev–Trinajstić information content (AvgIpc) is 3.86. The molecule has 2 aliphatic heterocycles. The van der Waals surface area contributed by atoms with Crippen LogP contribution in [0.25, 0.3) is 0 Å². The Labute approximate surface area is 322 Å². The number of fused-ring (bicyclic) bond motifs is 3. The molecule has 1 saturated heterocycles. The molecule has 0 radical (unpaired) electrons. The van der Waals surface area contributed by atoms with Crippen LogP contribution in [0.1, 0.15) is 39.8 Å². The van der Waals surface area contributed by atoms with Crippen LogP contribution in [0.5, 0.6) is 28.7 Å². The summed E-state index contributed by atoms with van der Waals surface area (Å²) in [5, 5.41) is 5.06. The molecule has 3 aliphatic rings. The molecule has 7 rings (SSSR count). The van der Waals surface area contributed by atoms with Crippen molar-refractivity contribution in [1.29, 1.82) is 0 Å². The summed E-state index contributed by atoms with van der Waals surface area (Å²) in [5.41, 5.74) is 3.26. The number of nitrogens with one attached hydrogen (secondary N) is 2. The van der Waals surface area contributed by atoms with Gasteiger partial charge in [0.15, 0.2) is 23.0 Å². The topological polar surface area (TPSA) is 175 Å². The zero-order chi connectivity index (χ0) is 39.2. The fourth-order valence-electron chi connectivity index (χ4n) is 7.21. The highest BCUT2D eigenvalue weighted by Crippen LogP contribution is 2.56. The molecule has 1 fully saturated rings. The maximum absolute atomic E-state index is 14.2. The molecule has 2 heterocycles. The van der Waals surface area contributed by atoms with Gasteiger partial charge in [0, 0.05) is 17.4 Å². The van der Waals surface area contributed by atoms with Gasteiger partial charge in [-0.2, -0.15) is 0 Å². The van der Waals surface area contributed by atoms with Gasteiger partial charge in [0.2, 0.25) is 12.5 Å². The predicted molar refractivity (Wildman–Crippen MR) is 195 cm³/mol. The Morgan fingerprint density at radius 3 is 1.93 bits per heavy atom. The van der Waals surface area contributed by atoms with E-state index in [2.05, 4.69) is 10.6 Å². The van der Waals surface area contributed by atoms with Crippen LogP contribution >= 0.6 is 0 Å². The second kappa shape index (κ2) is 16.8. The molecule has 15 heteroatoms. The fourth-order valence-corrected chi connectivity index (χ4v) is 7.21. The maximum atomic E-state index is 14.2. The van der Waals surface area contributed by atoms with E-state index in [-0.39, 0.29) is 26.6 Å². The summed E-state index contributed by atoms with van der Waals surface area (Å²) in [6, 6.07) is 23.6. The Hall–Kier alpha value is -6.64. The molecule has 292 valence electrons. The Morgan fingerprint density at radius 1 is 0.750 bits per heavy atom. The van der Waals surface area contributed by atoms with E-state index in [9.17, 15) is 19.2 Å². The Morgan fingerprint density at radius 2 is 1.34 bits per heavy atom. The molecule has 1 unspecified atom stereocenters. The minimum atomic E-state index is -1.44. The first-order valence-corrected chi connectivity index (χ1v) is 17.8. The summed E-state index contributed by atoms with van der Waals surface area (Å²) in [6.45, 7) is -0.610. The molecule has 0 bridgehead atoms. The van der Waals surface area contributed by atoms with E-state index in [1.165, 1.54) is 21.3 Å². The molecule has 2 N–H and O–H groups in total. The van der Waals surface area contributed by atoms with Crippen molar-refractivity contribution in [2.75, 3.05) is 41.3 Å². The van der Waals surface area contributed by atoms with Crippen molar-refractivity contribution in [2.45, 2.75) is 31.3 Å². The van der Waals surface area contributed by atoms with E-state index < -0.39 is 60.6 Å². The van der Waals surface area contributed by atoms with Gasteiger partial charge in [-0.15, -0.1) is 0 Å². The van der Waals surface area contributed by atoms with E-state index >= 15 is 0 Å². The first-order valence-electron chi connectivity index (χ1n) is 17.8. The monoisotopic (exact) mass is 768 g/mol. The van der Waals surface area contributed by atoms with Gasteiger partial charge in [-0.05, 0) is 46.5 Å². The number of ether oxygens (including phenoxy) is 9. The van der Waals surface area contributed by atoms with Gasteiger partial charge in [0.25, 0.3) is 0 Å². The Bertz CT molecular complexity index is 2050. The van der Waals surface area contributed by atoms with Crippen molar-refractivity contribution in [3.8, 4) is 28.7 Å². The zero-order valence-corrected chi connectivity index (χ0v) is 30.8. The number of cyclic esters (lactones) is 1. The lowest BCUT2D eigenvalue weighted by atomic mass is 9.66. The predicted octanol–water partition coefficient (Wildman–Crippen LogP) is 5.18. The number of carbonyl (C=O) groups is 4. The smallest absolute Gasteiger partial charge is 0.408 e. The first kappa shape index (κ1) is 37.7. The lowest BCUT2D eigenvalue weighted by molar-refractivity contribution is -0.156. The van der Waals surface area contributed by atoms with Gasteiger partial charge in [0.05, 0.1) is 40.4 Å². The minimum Gasteiger partial charge on any atom is -0.493 e. The van der Waals surface area contributed by atoms with Crippen molar-refractivity contribution in [3.05, 3.63) is 113 Å². The number of benzene rings is 4. The molecule has 0 aromatic heterocycles.